The molecule has 0 bridgehead atoms. The first-order valence-electron chi connectivity index (χ1n) is 9.13. The number of rotatable bonds is 7. The Balaban J connectivity index is 1.31. The molecule has 0 unspecified atom stereocenters. The monoisotopic (exact) mass is 411 g/mol. The van der Waals surface area contributed by atoms with Crippen LogP contribution in [-0.2, 0) is 17.8 Å². The van der Waals surface area contributed by atoms with Crippen molar-refractivity contribution in [3.05, 3.63) is 87.6 Å². The number of aromatic nitrogens is 3. The van der Waals surface area contributed by atoms with Gasteiger partial charge in [0.25, 0.3) is 0 Å². The summed E-state index contributed by atoms with van der Waals surface area (Å²) in [7, 11) is 0. The van der Waals surface area contributed by atoms with Crippen LogP contribution in [0.15, 0.2) is 70.1 Å². The van der Waals surface area contributed by atoms with Crippen LogP contribution in [0.4, 0.5) is 0 Å². The summed E-state index contributed by atoms with van der Waals surface area (Å²) < 4.78 is 13.7. The first-order chi connectivity index (χ1) is 14.1. The number of ether oxygens (including phenoxy) is 1. The number of aryl methyl sites for hydroxylation is 1. The summed E-state index contributed by atoms with van der Waals surface area (Å²) in [4.78, 5) is 24.2. The van der Waals surface area contributed by atoms with Crippen LogP contribution in [0.2, 0.25) is 5.02 Å². The third-order valence-corrected chi connectivity index (χ3v) is 4.86. The van der Waals surface area contributed by atoms with Gasteiger partial charge in [0.15, 0.2) is 5.58 Å². The van der Waals surface area contributed by atoms with Crippen LogP contribution in [-0.4, -0.2) is 26.9 Å². The highest BCUT2D eigenvalue weighted by Gasteiger charge is 2.12. The molecule has 0 N–H and O–H groups in total. The van der Waals surface area contributed by atoms with E-state index in [9.17, 15) is 9.59 Å². The Morgan fingerprint density at radius 1 is 1.14 bits per heavy atom. The largest absolute Gasteiger partial charge is 0.462 e. The van der Waals surface area contributed by atoms with Gasteiger partial charge in [-0.3, -0.25) is 9.25 Å². The third-order valence-electron chi connectivity index (χ3n) is 4.49. The van der Waals surface area contributed by atoms with E-state index in [0.717, 1.165) is 11.1 Å². The van der Waals surface area contributed by atoms with Gasteiger partial charge in [0.05, 0.1) is 30.4 Å². The number of fused-ring (bicyclic) bond motifs is 1. The second-order valence-corrected chi connectivity index (χ2v) is 6.90. The molecule has 4 aromatic rings. The molecule has 0 aliphatic heterocycles. The predicted molar refractivity (Wildman–Crippen MR) is 108 cm³/mol. The minimum atomic E-state index is -0.459. The summed E-state index contributed by atoms with van der Waals surface area (Å²) in [5.41, 5.74) is 2.54. The fourth-order valence-corrected chi connectivity index (χ4v) is 3.25. The molecule has 2 aromatic carbocycles. The van der Waals surface area contributed by atoms with Gasteiger partial charge < -0.3 is 9.15 Å². The number of nitrogens with zero attached hydrogens (tertiary/aromatic N) is 3. The molecule has 0 amide bonds. The Labute approximate surface area is 171 Å². The lowest BCUT2D eigenvalue weighted by Gasteiger charge is -2.05. The Hall–Kier alpha value is -3.32. The van der Waals surface area contributed by atoms with Gasteiger partial charge in [-0.05, 0) is 30.2 Å². The Kier molecular flexibility index (Phi) is 5.48. The Morgan fingerprint density at radius 2 is 1.93 bits per heavy atom. The summed E-state index contributed by atoms with van der Waals surface area (Å²) >= 11 is 6.15. The lowest BCUT2D eigenvalue weighted by Crippen LogP contribution is -2.16. The number of hydrogen-bond acceptors (Lipinski definition) is 5. The molecule has 4 rings (SSSR count). The summed E-state index contributed by atoms with van der Waals surface area (Å²) in [5.74, 6) is -0.877. The number of benzene rings is 2. The van der Waals surface area contributed by atoms with E-state index in [1.165, 1.54) is 10.8 Å². The SMILES string of the molecule is O=C(OCCCn1c(=O)oc2ccccc21)c1cnn(Cc2ccccc2Cl)c1. The second kappa shape index (κ2) is 8.36. The fraction of sp³-hybridized carbons (Fsp3) is 0.190. The van der Waals surface area contributed by atoms with Crippen molar-refractivity contribution in [1.82, 2.24) is 14.3 Å². The number of para-hydroxylation sites is 2. The van der Waals surface area contributed by atoms with E-state index in [-0.39, 0.29) is 6.61 Å². The standard InChI is InChI=1S/C21H18ClN3O4/c22-17-7-2-1-6-15(17)13-24-14-16(12-23-24)20(26)28-11-5-10-25-18-8-3-4-9-19(18)29-21(25)27/h1-4,6-9,12,14H,5,10-11,13H2. The summed E-state index contributed by atoms with van der Waals surface area (Å²) in [6.45, 7) is 1.04. The molecule has 0 aliphatic rings. The van der Waals surface area contributed by atoms with Gasteiger partial charge in [0.2, 0.25) is 0 Å². The predicted octanol–water partition coefficient (Wildman–Crippen LogP) is 3.74. The van der Waals surface area contributed by atoms with Crippen molar-refractivity contribution in [3.8, 4) is 0 Å². The van der Waals surface area contributed by atoms with Crippen molar-refractivity contribution >= 4 is 28.7 Å². The zero-order valence-electron chi connectivity index (χ0n) is 15.5. The molecular weight excluding hydrogens is 394 g/mol. The molecule has 0 saturated heterocycles. The van der Waals surface area contributed by atoms with Crippen LogP contribution in [0.25, 0.3) is 11.1 Å². The first-order valence-corrected chi connectivity index (χ1v) is 9.51. The Morgan fingerprint density at radius 3 is 2.79 bits per heavy atom. The van der Waals surface area contributed by atoms with E-state index in [0.29, 0.717) is 35.7 Å². The highest BCUT2D eigenvalue weighted by atomic mass is 35.5. The maximum atomic E-state index is 12.2. The Bertz CT molecular complexity index is 1210. The maximum Gasteiger partial charge on any atom is 0.419 e. The third kappa shape index (κ3) is 4.25. The highest BCUT2D eigenvalue weighted by molar-refractivity contribution is 6.31. The van der Waals surface area contributed by atoms with Gasteiger partial charge in [0, 0.05) is 17.8 Å². The van der Waals surface area contributed by atoms with Crippen molar-refractivity contribution in [2.75, 3.05) is 6.61 Å². The van der Waals surface area contributed by atoms with Gasteiger partial charge in [0.1, 0.15) is 0 Å². The molecule has 8 heteroatoms. The van der Waals surface area contributed by atoms with Crippen LogP contribution in [0.1, 0.15) is 22.3 Å². The molecule has 0 spiro atoms. The minimum Gasteiger partial charge on any atom is -0.462 e. The van der Waals surface area contributed by atoms with Crippen molar-refractivity contribution in [2.45, 2.75) is 19.5 Å². The molecule has 0 radical (unpaired) electrons. The highest BCUT2D eigenvalue weighted by Crippen LogP contribution is 2.16. The van der Waals surface area contributed by atoms with Crippen molar-refractivity contribution in [1.29, 1.82) is 0 Å². The average molecular weight is 412 g/mol. The van der Waals surface area contributed by atoms with Crippen LogP contribution in [0.3, 0.4) is 0 Å². The van der Waals surface area contributed by atoms with Gasteiger partial charge in [-0.2, -0.15) is 5.10 Å². The molecular formula is C21H18ClN3O4. The molecule has 0 aliphatic carbocycles. The quantitative estimate of drug-likeness (QED) is 0.342. The fourth-order valence-electron chi connectivity index (χ4n) is 3.05. The number of esters is 1. The number of oxazole rings is 1. The van der Waals surface area contributed by atoms with Gasteiger partial charge in [-0.1, -0.05) is 41.9 Å². The van der Waals surface area contributed by atoms with E-state index in [2.05, 4.69) is 5.10 Å². The summed E-state index contributed by atoms with van der Waals surface area (Å²) in [6.07, 6.45) is 3.58. The summed E-state index contributed by atoms with van der Waals surface area (Å²) in [5, 5.41) is 4.84. The lowest BCUT2D eigenvalue weighted by atomic mass is 10.2. The van der Waals surface area contributed by atoms with E-state index in [4.69, 9.17) is 20.8 Å². The zero-order valence-corrected chi connectivity index (χ0v) is 16.2. The normalized spacial score (nSPS) is 11.1. The second-order valence-electron chi connectivity index (χ2n) is 6.49. The molecule has 148 valence electrons. The molecule has 29 heavy (non-hydrogen) atoms. The maximum absolute atomic E-state index is 12.2. The summed E-state index contributed by atoms with van der Waals surface area (Å²) in [6, 6.07) is 14.7. The molecule has 2 aromatic heterocycles. The van der Waals surface area contributed by atoms with Crippen molar-refractivity contribution in [2.24, 2.45) is 0 Å². The molecule has 0 atom stereocenters. The van der Waals surface area contributed by atoms with Crippen LogP contribution >= 0.6 is 11.6 Å². The van der Waals surface area contributed by atoms with E-state index in [1.807, 2.05) is 42.5 Å². The van der Waals surface area contributed by atoms with Crippen LogP contribution in [0, 0.1) is 0 Å². The van der Waals surface area contributed by atoms with Gasteiger partial charge in [-0.15, -0.1) is 0 Å². The smallest absolute Gasteiger partial charge is 0.419 e. The molecule has 0 fully saturated rings. The average Bonchev–Trinajstić information content (AvgIpc) is 3.31. The van der Waals surface area contributed by atoms with Crippen molar-refractivity contribution < 1.29 is 13.9 Å². The number of carbonyl (C=O) groups is 1. The molecule has 7 nitrogen and oxygen atoms in total. The first kappa shape index (κ1) is 19.0. The van der Waals surface area contributed by atoms with Gasteiger partial charge in [-0.25, -0.2) is 9.59 Å². The number of hydrogen-bond donors (Lipinski definition) is 0. The number of carbonyl (C=O) groups excluding carboxylic acids is 1. The van der Waals surface area contributed by atoms with E-state index >= 15 is 0 Å². The molecule has 2 heterocycles. The van der Waals surface area contributed by atoms with E-state index in [1.54, 1.807) is 16.9 Å². The zero-order chi connectivity index (χ0) is 20.2. The minimum absolute atomic E-state index is 0.181. The molecule has 0 saturated carbocycles. The van der Waals surface area contributed by atoms with Crippen LogP contribution in [0.5, 0.6) is 0 Å². The number of halogens is 1. The van der Waals surface area contributed by atoms with Gasteiger partial charge >= 0.3 is 11.7 Å². The van der Waals surface area contributed by atoms with Crippen molar-refractivity contribution in [3.63, 3.8) is 0 Å². The van der Waals surface area contributed by atoms with E-state index < -0.39 is 11.7 Å². The van der Waals surface area contributed by atoms with Crippen LogP contribution < -0.4 is 5.76 Å². The topological polar surface area (TPSA) is 79.3 Å². The lowest BCUT2D eigenvalue weighted by molar-refractivity contribution is 0.0495.